The van der Waals surface area contributed by atoms with Gasteiger partial charge in [0.1, 0.15) is 11.2 Å². The summed E-state index contributed by atoms with van der Waals surface area (Å²) in [6.07, 6.45) is -0.205. The van der Waals surface area contributed by atoms with Crippen LogP contribution in [0.4, 0.5) is 5.69 Å². The second kappa shape index (κ2) is 6.84. The third-order valence-corrected chi connectivity index (χ3v) is 4.89. The summed E-state index contributed by atoms with van der Waals surface area (Å²) in [4.78, 5) is 50.6. The van der Waals surface area contributed by atoms with Gasteiger partial charge in [-0.05, 0) is 45.0 Å². The number of imide groups is 1. The highest BCUT2D eigenvalue weighted by molar-refractivity contribution is 9.10. The van der Waals surface area contributed by atoms with Crippen molar-refractivity contribution in [1.82, 2.24) is 0 Å². The average molecular weight is 396 g/mol. The maximum Gasteiger partial charge on any atom is 0.320 e. The number of carbonyl (C=O) groups is 4. The van der Waals surface area contributed by atoms with Crippen LogP contribution in [-0.4, -0.2) is 30.2 Å². The highest BCUT2D eigenvalue weighted by Gasteiger charge is 2.56. The number of rotatable bonds is 5. The summed E-state index contributed by atoms with van der Waals surface area (Å²) in [5.74, 6) is -3.34. The molecule has 2 unspecified atom stereocenters. The normalized spacial score (nSPS) is 20.0. The van der Waals surface area contributed by atoms with Gasteiger partial charge in [0.05, 0.1) is 18.2 Å². The molecule has 1 aliphatic heterocycles. The van der Waals surface area contributed by atoms with Crippen LogP contribution in [-0.2, 0) is 23.9 Å². The number of nitrogens with zero attached hydrogens (tertiary/aromatic N) is 1. The maximum atomic E-state index is 12.8. The second-order valence-electron chi connectivity index (χ2n) is 5.78. The van der Waals surface area contributed by atoms with Gasteiger partial charge in [0.15, 0.2) is 0 Å². The summed E-state index contributed by atoms with van der Waals surface area (Å²) in [5.41, 5.74) is -1.27. The van der Waals surface area contributed by atoms with Crippen LogP contribution in [0.25, 0.3) is 0 Å². The quantitative estimate of drug-likeness (QED) is 0.434. The van der Waals surface area contributed by atoms with Crippen molar-refractivity contribution in [3.63, 3.8) is 0 Å². The largest absolute Gasteiger partial charge is 0.465 e. The van der Waals surface area contributed by atoms with E-state index in [1.165, 1.54) is 13.8 Å². The highest BCUT2D eigenvalue weighted by atomic mass is 79.9. The van der Waals surface area contributed by atoms with E-state index in [-0.39, 0.29) is 13.0 Å². The SMILES string of the molecule is CCOC(=O)C(C)(C(C)=O)C1CC(=O)N(c2ccc(Br)cc2)C1=O. The molecule has 128 valence electrons. The third-order valence-electron chi connectivity index (χ3n) is 4.36. The molecular weight excluding hydrogens is 378 g/mol. The molecule has 1 aromatic carbocycles. The third kappa shape index (κ3) is 3.00. The molecule has 1 heterocycles. The molecule has 1 saturated heterocycles. The molecule has 2 amide bonds. The fraction of sp³-hybridized carbons (Fsp3) is 0.412. The Balaban J connectivity index is 2.40. The second-order valence-corrected chi connectivity index (χ2v) is 6.70. The minimum atomic E-state index is -1.67. The molecule has 0 N–H and O–H groups in total. The van der Waals surface area contributed by atoms with Gasteiger partial charge in [-0.3, -0.25) is 24.1 Å². The van der Waals surface area contributed by atoms with Gasteiger partial charge in [0.25, 0.3) is 0 Å². The van der Waals surface area contributed by atoms with Crippen LogP contribution in [0.5, 0.6) is 0 Å². The zero-order chi connectivity index (χ0) is 18.1. The van der Waals surface area contributed by atoms with Gasteiger partial charge in [-0.25, -0.2) is 0 Å². The van der Waals surface area contributed by atoms with E-state index in [0.717, 1.165) is 9.37 Å². The Kier molecular flexibility index (Phi) is 5.22. The smallest absolute Gasteiger partial charge is 0.320 e. The van der Waals surface area contributed by atoms with Crippen molar-refractivity contribution < 1.29 is 23.9 Å². The van der Waals surface area contributed by atoms with E-state index in [0.29, 0.717) is 5.69 Å². The zero-order valence-corrected chi connectivity index (χ0v) is 15.3. The molecule has 0 aromatic heterocycles. The van der Waals surface area contributed by atoms with Gasteiger partial charge in [-0.2, -0.15) is 0 Å². The van der Waals surface area contributed by atoms with Gasteiger partial charge < -0.3 is 4.74 Å². The van der Waals surface area contributed by atoms with Crippen LogP contribution in [0.2, 0.25) is 0 Å². The predicted molar refractivity (Wildman–Crippen MR) is 90.2 cm³/mol. The fourth-order valence-electron chi connectivity index (χ4n) is 2.76. The van der Waals surface area contributed by atoms with Crippen LogP contribution in [0.3, 0.4) is 0 Å². The molecule has 1 aliphatic rings. The van der Waals surface area contributed by atoms with E-state index < -0.39 is 34.9 Å². The van der Waals surface area contributed by atoms with Crippen LogP contribution >= 0.6 is 15.9 Å². The molecule has 1 aromatic rings. The van der Waals surface area contributed by atoms with Crippen LogP contribution < -0.4 is 4.90 Å². The van der Waals surface area contributed by atoms with Crippen molar-refractivity contribution >= 4 is 45.2 Å². The van der Waals surface area contributed by atoms with Gasteiger partial charge in [-0.15, -0.1) is 0 Å². The Morgan fingerprint density at radius 1 is 1.29 bits per heavy atom. The van der Waals surface area contributed by atoms with Crippen molar-refractivity contribution in [2.45, 2.75) is 27.2 Å². The number of anilines is 1. The molecule has 7 heteroatoms. The number of carbonyl (C=O) groups excluding carboxylic acids is 4. The monoisotopic (exact) mass is 395 g/mol. The van der Waals surface area contributed by atoms with Gasteiger partial charge in [-0.1, -0.05) is 15.9 Å². The number of halogens is 1. The summed E-state index contributed by atoms with van der Waals surface area (Å²) >= 11 is 3.29. The van der Waals surface area contributed by atoms with E-state index in [9.17, 15) is 19.2 Å². The molecular formula is C17H18BrNO5. The highest BCUT2D eigenvalue weighted by Crippen LogP contribution is 2.40. The average Bonchev–Trinajstić information content (AvgIpc) is 2.82. The standard InChI is InChI=1S/C17H18BrNO5/c1-4-24-16(23)17(3,10(2)20)13-9-14(21)19(15(13)22)12-7-5-11(18)6-8-12/h5-8,13H,4,9H2,1-3H3. The fourth-order valence-corrected chi connectivity index (χ4v) is 3.02. The van der Waals surface area contributed by atoms with Gasteiger partial charge in [0, 0.05) is 10.9 Å². The summed E-state index contributed by atoms with van der Waals surface area (Å²) < 4.78 is 5.78. The van der Waals surface area contributed by atoms with E-state index in [1.807, 2.05) is 0 Å². The number of amides is 2. The molecule has 0 spiro atoms. The number of hydrogen-bond donors (Lipinski definition) is 0. The minimum Gasteiger partial charge on any atom is -0.465 e. The number of ketones is 1. The topological polar surface area (TPSA) is 80.8 Å². The molecule has 6 nitrogen and oxygen atoms in total. The lowest BCUT2D eigenvalue weighted by atomic mass is 9.73. The number of hydrogen-bond acceptors (Lipinski definition) is 5. The zero-order valence-electron chi connectivity index (χ0n) is 13.7. The van der Waals surface area contributed by atoms with Crippen molar-refractivity contribution in [1.29, 1.82) is 0 Å². The van der Waals surface area contributed by atoms with Gasteiger partial charge in [0.2, 0.25) is 11.8 Å². The Labute approximate surface area is 148 Å². The molecule has 0 aliphatic carbocycles. The van der Waals surface area contributed by atoms with Crippen molar-refractivity contribution in [2.24, 2.45) is 11.3 Å². The first-order valence-electron chi connectivity index (χ1n) is 7.54. The first kappa shape index (κ1) is 18.3. The van der Waals surface area contributed by atoms with E-state index in [2.05, 4.69) is 15.9 Å². The summed E-state index contributed by atoms with van der Waals surface area (Å²) in [6.45, 7) is 4.31. The van der Waals surface area contributed by atoms with Crippen molar-refractivity contribution in [3.05, 3.63) is 28.7 Å². The Hall–Kier alpha value is -2.02. The number of benzene rings is 1. The number of ether oxygens (including phenoxy) is 1. The molecule has 2 rings (SSSR count). The Morgan fingerprint density at radius 3 is 2.38 bits per heavy atom. The molecule has 24 heavy (non-hydrogen) atoms. The van der Waals surface area contributed by atoms with Crippen LogP contribution in [0.1, 0.15) is 27.2 Å². The molecule has 0 bridgehead atoms. The Bertz CT molecular complexity index is 699. The molecule has 1 fully saturated rings. The first-order chi connectivity index (χ1) is 11.2. The lowest BCUT2D eigenvalue weighted by Crippen LogP contribution is -2.46. The summed E-state index contributed by atoms with van der Waals surface area (Å²) in [7, 11) is 0. The molecule has 2 atom stereocenters. The summed E-state index contributed by atoms with van der Waals surface area (Å²) in [5, 5.41) is 0. The minimum absolute atomic E-state index is 0.0903. The molecule has 0 saturated carbocycles. The number of esters is 1. The van der Waals surface area contributed by atoms with Crippen LogP contribution in [0.15, 0.2) is 28.7 Å². The predicted octanol–water partition coefficient (Wildman–Crippen LogP) is 2.49. The first-order valence-corrected chi connectivity index (χ1v) is 8.33. The number of Topliss-reactive ketones (excluding diaryl/α,β-unsaturated/α-hetero) is 1. The van der Waals surface area contributed by atoms with E-state index in [4.69, 9.17) is 4.74 Å². The summed E-state index contributed by atoms with van der Waals surface area (Å²) in [6, 6.07) is 6.66. The maximum absolute atomic E-state index is 12.8. The Morgan fingerprint density at radius 2 is 1.88 bits per heavy atom. The van der Waals surface area contributed by atoms with Gasteiger partial charge >= 0.3 is 5.97 Å². The van der Waals surface area contributed by atoms with Crippen molar-refractivity contribution in [3.8, 4) is 0 Å². The molecule has 0 radical (unpaired) electrons. The van der Waals surface area contributed by atoms with E-state index in [1.54, 1.807) is 31.2 Å². The van der Waals surface area contributed by atoms with Crippen LogP contribution in [0, 0.1) is 11.3 Å². The van der Waals surface area contributed by atoms with Crippen molar-refractivity contribution in [2.75, 3.05) is 11.5 Å². The lowest BCUT2D eigenvalue weighted by Gasteiger charge is -2.29. The lowest BCUT2D eigenvalue weighted by molar-refractivity contribution is -0.164. The van der Waals surface area contributed by atoms with E-state index >= 15 is 0 Å².